The topological polar surface area (TPSA) is 61.0 Å². The van der Waals surface area contributed by atoms with Crippen LogP contribution in [0.1, 0.15) is 5.82 Å². The summed E-state index contributed by atoms with van der Waals surface area (Å²) in [7, 11) is 0. The summed E-state index contributed by atoms with van der Waals surface area (Å²) in [5.41, 5.74) is 1.71. The van der Waals surface area contributed by atoms with Crippen molar-refractivity contribution in [2.45, 2.75) is 6.61 Å². The number of pyridine rings is 1. The molecule has 0 amide bonds. The second kappa shape index (κ2) is 6.53. The monoisotopic (exact) mass is 353 g/mol. The number of hydrogen-bond acceptors (Lipinski definition) is 5. The van der Waals surface area contributed by atoms with Crippen molar-refractivity contribution in [1.82, 2.24) is 15.1 Å². The Balaban J connectivity index is 1.38. The van der Waals surface area contributed by atoms with Crippen molar-refractivity contribution in [2.24, 2.45) is 0 Å². The third-order valence-corrected chi connectivity index (χ3v) is 4.42. The van der Waals surface area contributed by atoms with Crippen LogP contribution in [0.4, 0.5) is 0 Å². The zero-order valence-electron chi connectivity index (χ0n) is 14.4. The maximum atomic E-state index is 5.88. The van der Waals surface area contributed by atoms with Crippen LogP contribution >= 0.6 is 0 Å². The number of aromatic nitrogens is 3. The lowest BCUT2D eigenvalue weighted by atomic mass is 10.1. The van der Waals surface area contributed by atoms with Crippen LogP contribution in [0.5, 0.6) is 5.75 Å². The first-order chi connectivity index (χ1) is 13.4. The van der Waals surface area contributed by atoms with E-state index in [-0.39, 0.29) is 6.61 Å². The van der Waals surface area contributed by atoms with Crippen LogP contribution in [0.3, 0.4) is 0 Å². The molecule has 3 aromatic carbocycles. The second-order valence-electron chi connectivity index (χ2n) is 6.20. The molecule has 2 heterocycles. The van der Waals surface area contributed by atoms with Gasteiger partial charge in [0.15, 0.2) is 6.61 Å². The number of fused-ring (bicyclic) bond motifs is 2. The van der Waals surface area contributed by atoms with E-state index >= 15 is 0 Å². The SMILES string of the molecule is c1ccc2cc(-c3nc(COc4cccc5cccnc45)no3)ccc2c1. The number of hydrogen-bond donors (Lipinski definition) is 0. The van der Waals surface area contributed by atoms with Crippen molar-refractivity contribution in [2.75, 3.05) is 0 Å². The summed E-state index contributed by atoms with van der Waals surface area (Å²) < 4.78 is 11.3. The highest BCUT2D eigenvalue weighted by atomic mass is 16.5. The summed E-state index contributed by atoms with van der Waals surface area (Å²) in [6.07, 6.45) is 1.75. The summed E-state index contributed by atoms with van der Waals surface area (Å²) >= 11 is 0. The molecule has 27 heavy (non-hydrogen) atoms. The van der Waals surface area contributed by atoms with Gasteiger partial charge in [-0.1, -0.05) is 53.7 Å². The Morgan fingerprint density at radius 3 is 2.63 bits per heavy atom. The van der Waals surface area contributed by atoms with E-state index in [4.69, 9.17) is 9.26 Å². The van der Waals surface area contributed by atoms with Gasteiger partial charge in [0.05, 0.1) is 0 Å². The molecule has 0 aliphatic heterocycles. The summed E-state index contributed by atoms with van der Waals surface area (Å²) in [5.74, 6) is 1.67. The number of nitrogens with zero attached hydrogens (tertiary/aromatic N) is 3. The molecule has 5 aromatic rings. The minimum atomic E-state index is 0.215. The van der Waals surface area contributed by atoms with Crippen LogP contribution in [0.2, 0.25) is 0 Å². The second-order valence-corrected chi connectivity index (χ2v) is 6.20. The fraction of sp³-hybridized carbons (Fsp3) is 0.0455. The van der Waals surface area contributed by atoms with Crippen LogP contribution in [0, 0.1) is 0 Å². The van der Waals surface area contributed by atoms with Gasteiger partial charge in [0.1, 0.15) is 11.3 Å². The van der Waals surface area contributed by atoms with E-state index in [0.29, 0.717) is 17.5 Å². The van der Waals surface area contributed by atoms with Crippen LogP contribution in [-0.4, -0.2) is 15.1 Å². The molecule has 0 saturated carbocycles. The highest BCUT2D eigenvalue weighted by Gasteiger charge is 2.11. The maximum Gasteiger partial charge on any atom is 0.258 e. The van der Waals surface area contributed by atoms with Gasteiger partial charge in [-0.15, -0.1) is 0 Å². The van der Waals surface area contributed by atoms with E-state index in [1.165, 1.54) is 5.39 Å². The van der Waals surface area contributed by atoms with Crippen molar-refractivity contribution >= 4 is 21.7 Å². The fourth-order valence-corrected chi connectivity index (χ4v) is 3.09. The Morgan fingerprint density at radius 1 is 0.815 bits per heavy atom. The summed E-state index contributed by atoms with van der Waals surface area (Å²) in [5, 5.41) is 7.37. The van der Waals surface area contributed by atoms with Crippen molar-refractivity contribution in [3.63, 3.8) is 0 Å². The minimum Gasteiger partial charge on any atom is -0.483 e. The Labute approximate surface area is 155 Å². The summed E-state index contributed by atoms with van der Waals surface area (Å²) in [6, 6.07) is 24.0. The molecule has 5 rings (SSSR count). The highest BCUT2D eigenvalue weighted by molar-refractivity contribution is 5.86. The van der Waals surface area contributed by atoms with Crippen molar-refractivity contribution in [3.05, 3.63) is 84.8 Å². The van der Waals surface area contributed by atoms with Crippen LogP contribution < -0.4 is 4.74 Å². The maximum absolute atomic E-state index is 5.88. The first-order valence-electron chi connectivity index (χ1n) is 8.65. The van der Waals surface area contributed by atoms with Gasteiger partial charge in [-0.3, -0.25) is 4.98 Å². The van der Waals surface area contributed by atoms with Gasteiger partial charge in [-0.05, 0) is 35.0 Å². The molecule has 0 bridgehead atoms. The molecule has 5 nitrogen and oxygen atoms in total. The molecule has 0 unspecified atom stereocenters. The van der Waals surface area contributed by atoms with Gasteiger partial charge >= 0.3 is 0 Å². The van der Waals surface area contributed by atoms with E-state index in [0.717, 1.165) is 21.9 Å². The van der Waals surface area contributed by atoms with Crippen LogP contribution in [0.25, 0.3) is 33.1 Å². The summed E-state index contributed by atoms with van der Waals surface area (Å²) in [4.78, 5) is 8.85. The Kier molecular flexibility index (Phi) is 3.76. The third-order valence-electron chi connectivity index (χ3n) is 4.42. The molecular formula is C22H15N3O2. The van der Waals surface area contributed by atoms with Crippen LogP contribution in [0.15, 0.2) is 83.5 Å². The number of rotatable bonds is 4. The van der Waals surface area contributed by atoms with Crippen molar-refractivity contribution in [1.29, 1.82) is 0 Å². The first-order valence-corrected chi connectivity index (χ1v) is 8.65. The lowest BCUT2D eigenvalue weighted by molar-refractivity contribution is 0.290. The molecule has 0 aliphatic carbocycles. The van der Waals surface area contributed by atoms with Gasteiger partial charge in [-0.2, -0.15) is 4.98 Å². The number of ether oxygens (including phenoxy) is 1. The average molecular weight is 353 g/mol. The molecule has 0 spiro atoms. The quantitative estimate of drug-likeness (QED) is 0.454. The van der Waals surface area contributed by atoms with Gasteiger partial charge < -0.3 is 9.26 Å². The Morgan fingerprint density at radius 2 is 1.67 bits per heavy atom. The molecule has 0 radical (unpaired) electrons. The van der Waals surface area contributed by atoms with Crippen molar-refractivity contribution < 1.29 is 9.26 Å². The van der Waals surface area contributed by atoms with E-state index in [1.807, 2.05) is 60.7 Å². The van der Waals surface area contributed by atoms with Gasteiger partial charge in [0.25, 0.3) is 5.89 Å². The van der Waals surface area contributed by atoms with Gasteiger partial charge in [0, 0.05) is 17.1 Å². The molecule has 0 N–H and O–H groups in total. The lowest BCUT2D eigenvalue weighted by Gasteiger charge is -2.06. The first kappa shape index (κ1) is 15.5. The van der Waals surface area contributed by atoms with E-state index in [1.54, 1.807) is 6.20 Å². The molecule has 0 fully saturated rings. The predicted octanol–water partition coefficient (Wildman–Crippen LogP) is 5.02. The largest absolute Gasteiger partial charge is 0.483 e. The lowest BCUT2D eigenvalue weighted by Crippen LogP contribution is -1.98. The zero-order valence-corrected chi connectivity index (χ0v) is 14.4. The smallest absolute Gasteiger partial charge is 0.258 e. The molecule has 5 heteroatoms. The average Bonchev–Trinajstić information content (AvgIpc) is 3.21. The van der Waals surface area contributed by atoms with E-state index in [2.05, 4.69) is 27.3 Å². The minimum absolute atomic E-state index is 0.215. The van der Waals surface area contributed by atoms with E-state index < -0.39 is 0 Å². The summed E-state index contributed by atoms with van der Waals surface area (Å²) in [6.45, 7) is 0.215. The predicted molar refractivity (Wildman–Crippen MR) is 103 cm³/mol. The molecule has 0 atom stereocenters. The normalized spacial score (nSPS) is 11.1. The van der Waals surface area contributed by atoms with E-state index in [9.17, 15) is 0 Å². The van der Waals surface area contributed by atoms with Crippen LogP contribution in [-0.2, 0) is 6.61 Å². The fourth-order valence-electron chi connectivity index (χ4n) is 3.09. The molecule has 0 saturated heterocycles. The number of para-hydroxylation sites is 1. The molecule has 130 valence electrons. The molecule has 0 aliphatic rings. The van der Waals surface area contributed by atoms with Crippen molar-refractivity contribution in [3.8, 4) is 17.2 Å². The third kappa shape index (κ3) is 3.00. The molecular weight excluding hydrogens is 338 g/mol. The highest BCUT2D eigenvalue weighted by Crippen LogP contribution is 2.25. The van der Waals surface area contributed by atoms with Gasteiger partial charge in [-0.25, -0.2) is 0 Å². The zero-order chi connectivity index (χ0) is 18.1. The molecule has 2 aromatic heterocycles. The Hall–Kier alpha value is -3.73. The Bertz CT molecular complexity index is 1240. The number of benzene rings is 3. The standard InChI is InChI=1S/C22H15N3O2/c1-2-6-17-13-18(11-10-15(17)5-1)22-24-20(25-27-22)14-26-19-9-3-7-16-8-4-12-23-21(16)19/h1-13H,14H2. The van der Waals surface area contributed by atoms with Gasteiger partial charge in [0.2, 0.25) is 5.82 Å².